The lowest BCUT2D eigenvalue weighted by molar-refractivity contribution is 1.44. The number of aryl methyl sites for hydroxylation is 1. The van der Waals surface area contributed by atoms with Crippen LogP contribution in [-0.2, 0) is 0 Å². The molecule has 0 unspecified atom stereocenters. The van der Waals surface area contributed by atoms with Crippen molar-refractivity contribution in [1.82, 2.24) is 4.98 Å². The molecule has 0 atom stereocenters. The van der Waals surface area contributed by atoms with Gasteiger partial charge in [-0.05, 0) is 30.7 Å². The fourth-order valence-electron chi connectivity index (χ4n) is 1.79. The van der Waals surface area contributed by atoms with Crippen molar-refractivity contribution < 1.29 is 0 Å². The average molecular weight is 260 g/mol. The van der Waals surface area contributed by atoms with E-state index < -0.39 is 0 Å². The number of hydrogen-bond donors (Lipinski definition) is 0. The van der Waals surface area contributed by atoms with Crippen LogP contribution in [0.3, 0.4) is 0 Å². The topological polar surface area (TPSA) is 12.9 Å². The summed E-state index contributed by atoms with van der Waals surface area (Å²) in [5, 5.41) is 1.74. The molecule has 0 aliphatic rings. The number of hydrogen-bond acceptors (Lipinski definition) is 2. The Morgan fingerprint density at radius 2 is 1.94 bits per heavy atom. The zero-order valence-corrected chi connectivity index (χ0v) is 10.8. The maximum absolute atomic E-state index is 6.18. The monoisotopic (exact) mass is 259 g/mol. The Labute approximate surface area is 109 Å². The van der Waals surface area contributed by atoms with Gasteiger partial charge in [-0.25, -0.2) is 4.98 Å². The van der Waals surface area contributed by atoms with Gasteiger partial charge in [0.25, 0.3) is 0 Å². The number of rotatable bonds is 1. The van der Waals surface area contributed by atoms with Crippen molar-refractivity contribution in [2.75, 3.05) is 0 Å². The first-order valence-corrected chi connectivity index (χ1v) is 6.55. The Kier molecular flexibility index (Phi) is 2.61. The van der Waals surface area contributed by atoms with Crippen LogP contribution >= 0.6 is 22.9 Å². The van der Waals surface area contributed by atoms with Crippen molar-refractivity contribution in [3.8, 4) is 10.6 Å². The van der Waals surface area contributed by atoms with E-state index in [2.05, 4.69) is 30.1 Å². The van der Waals surface area contributed by atoms with E-state index in [-0.39, 0.29) is 0 Å². The highest BCUT2D eigenvalue weighted by molar-refractivity contribution is 7.21. The van der Waals surface area contributed by atoms with Gasteiger partial charge in [-0.1, -0.05) is 35.9 Å². The van der Waals surface area contributed by atoms with Crippen molar-refractivity contribution in [3.05, 3.63) is 53.1 Å². The van der Waals surface area contributed by atoms with Gasteiger partial charge >= 0.3 is 0 Å². The molecule has 3 rings (SSSR count). The Balaban J connectivity index is 2.22. The molecule has 3 heteroatoms. The molecule has 1 heterocycles. The highest BCUT2D eigenvalue weighted by Gasteiger charge is 2.08. The molecule has 0 aliphatic heterocycles. The van der Waals surface area contributed by atoms with Gasteiger partial charge in [0.1, 0.15) is 5.01 Å². The summed E-state index contributed by atoms with van der Waals surface area (Å²) in [5.74, 6) is 0. The molecule has 1 aromatic heterocycles. The van der Waals surface area contributed by atoms with E-state index in [1.807, 2.05) is 24.3 Å². The van der Waals surface area contributed by atoms with Gasteiger partial charge in [-0.3, -0.25) is 0 Å². The lowest BCUT2D eigenvalue weighted by Crippen LogP contribution is -1.77. The van der Waals surface area contributed by atoms with Crippen LogP contribution in [0.5, 0.6) is 0 Å². The van der Waals surface area contributed by atoms with Gasteiger partial charge < -0.3 is 0 Å². The summed E-state index contributed by atoms with van der Waals surface area (Å²) in [6, 6.07) is 14.1. The van der Waals surface area contributed by atoms with Crippen molar-refractivity contribution >= 4 is 33.2 Å². The van der Waals surface area contributed by atoms with Crippen molar-refractivity contribution in [2.45, 2.75) is 6.92 Å². The lowest BCUT2D eigenvalue weighted by Gasteiger charge is -1.97. The first-order valence-electron chi connectivity index (χ1n) is 5.36. The molecule has 0 radical (unpaired) electrons. The maximum Gasteiger partial charge on any atom is 0.126 e. The van der Waals surface area contributed by atoms with Crippen molar-refractivity contribution in [1.29, 1.82) is 0 Å². The average Bonchev–Trinajstić information content (AvgIpc) is 2.72. The van der Waals surface area contributed by atoms with E-state index in [0.29, 0.717) is 0 Å². The summed E-state index contributed by atoms with van der Waals surface area (Å²) < 4.78 is 1.20. The molecule has 0 fully saturated rings. The minimum atomic E-state index is 0.753. The molecule has 0 N–H and O–H groups in total. The minimum absolute atomic E-state index is 0.753. The smallest absolute Gasteiger partial charge is 0.126 e. The van der Waals surface area contributed by atoms with Crippen LogP contribution in [0.1, 0.15) is 5.56 Å². The molecule has 17 heavy (non-hydrogen) atoms. The van der Waals surface area contributed by atoms with Crippen LogP contribution in [0.15, 0.2) is 42.5 Å². The van der Waals surface area contributed by atoms with E-state index in [1.165, 1.54) is 10.3 Å². The number of benzene rings is 2. The number of aromatic nitrogens is 1. The van der Waals surface area contributed by atoms with Gasteiger partial charge in [0.05, 0.1) is 15.2 Å². The minimum Gasteiger partial charge on any atom is -0.236 e. The molecule has 0 aliphatic carbocycles. The summed E-state index contributed by atoms with van der Waals surface area (Å²) in [6.07, 6.45) is 0. The molecule has 0 saturated heterocycles. The van der Waals surface area contributed by atoms with Gasteiger partial charge in [-0.2, -0.15) is 0 Å². The lowest BCUT2D eigenvalue weighted by atomic mass is 10.2. The summed E-state index contributed by atoms with van der Waals surface area (Å²) >= 11 is 7.86. The molecule has 0 spiro atoms. The van der Waals surface area contributed by atoms with E-state index in [0.717, 1.165) is 21.1 Å². The van der Waals surface area contributed by atoms with Gasteiger partial charge in [0.2, 0.25) is 0 Å². The van der Waals surface area contributed by atoms with E-state index in [9.17, 15) is 0 Å². The third kappa shape index (κ3) is 1.94. The second-order valence-electron chi connectivity index (χ2n) is 3.97. The second-order valence-corrected chi connectivity index (χ2v) is 5.41. The highest BCUT2D eigenvalue weighted by atomic mass is 35.5. The van der Waals surface area contributed by atoms with E-state index in [4.69, 9.17) is 11.6 Å². The Hall–Kier alpha value is -1.38. The Bertz CT molecular complexity index is 688. The largest absolute Gasteiger partial charge is 0.236 e. The first kappa shape index (κ1) is 10.8. The second kappa shape index (κ2) is 4.13. The third-order valence-electron chi connectivity index (χ3n) is 2.65. The van der Waals surface area contributed by atoms with E-state index >= 15 is 0 Å². The van der Waals surface area contributed by atoms with Crippen LogP contribution in [-0.4, -0.2) is 4.98 Å². The molecule has 0 amide bonds. The predicted molar refractivity (Wildman–Crippen MR) is 74.8 cm³/mol. The predicted octanol–water partition coefficient (Wildman–Crippen LogP) is 4.93. The Morgan fingerprint density at radius 3 is 2.76 bits per heavy atom. The molecule has 3 aromatic rings. The van der Waals surface area contributed by atoms with Gasteiger partial charge in [0.15, 0.2) is 0 Å². The molecule has 1 nitrogen and oxygen atoms in total. The van der Waals surface area contributed by atoms with Crippen LogP contribution in [0, 0.1) is 6.92 Å². The van der Waals surface area contributed by atoms with Gasteiger partial charge in [0, 0.05) is 5.56 Å². The van der Waals surface area contributed by atoms with Crippen molar-refractivity contribution in [2.24, 2.45) is 0 Å². The summed E-state index contributed by atoms with van der Waals surface area (Å²) in [4.78, 5) is 4.64. The Morgan fingerprint density at radius 1 is 1.12 bits per heavy atom. The molecular formula is C14H10ClNS. The van der Waals surface area contributed by atoms with Crippen LogP contribution < -0.4 is 0 Å². The number of thiazole rings is 1. The third-order valence-corrected chi connectivity index (χ3v) is 4.05. The zero-order valence-electron chi connectivity index (χ0n) is 9.27. The molecule has 0 saturated carbocycles. The highest BCUT2D eigenvalue weighted by Crippen LogP contribution is 2.34. The molecule has 2 aromatic carbocycles. The normalized spacial score (nSPS) is 10.9. The zero-order chi connectivity index (χ0) is 11.8. The maximum atomic E-state index is 6.18. The number of nitrogens with zero attached hydrogens (tertiary/aromatic N) is 1. The quantitative estimate of drug-likeness (QED) is 0.604. The SMILES string of the molecule is Cc1ccc2sc(-c3ccccc3Cl)nc2c1. The fraction of sp³-hybridized carbons (Fsp3) is 0.0714. The summed E-state index contributed by atoms with van der Waals surface area (Å²) in [6.45, 7) is 2.08. The van der Waals surface area contributed by atoms with E-state index in [1.54, 1.807) is 11.3 Å². The van der Waals surface area contributed by atoms with Crippen LogP contribution in [0.2, 0.25) is 5.02 Å². The molecular weight excluding hydrogens is 250 g/mol. The fourth-order valence-corrected chi connectivity index (χ4v) is 3.05. The molecule has 84 valence electrons. The number of halogens is 1. The van der Waals surface area contributed by atoms with Crippen LogP contribution in [0.25, 0.3) is 20.8 Å². The molecule has 0 bridgehead atoms. The number of fused-ring (bicyclic) bond motifs is 1. The first-order chi connectivity index (χ1) is 8.24. The standard InChI is InChI=1S/C14H10ClNS/c1-9-6-7-13-12(8-9)16-14(17-13)10-4-2-3-5-11(10)15/h2-8H,1H3. The van der Waals surface area contributed by atoms with Crippen LogP contribution in [0.4, 0.5) is 0 Å². The summed E-state index contributed by atoms with van der Waals surface area (Å²) in [7, 11) is 0. The summed E-state index contributed by atoms with van der Waals surface area (Å²) in [5.41, 5.74) is 3.28. The van der Waals surface area contributed by atoms with Crippen molar-refractivity contribution in [3.63, 3.8) is 0 Å². The van der Waals surface area contributed by atoms with Gasteiger partial charge in [-0.15, -0.1) is 11.3 Å².